The Morgan fingerprint density at radius 3 is 2.05 bits per heavy atom. The van der Waals surface area contributed by atoms with Gasteiger partial charge in [-0.05, 0) is 29.3 Å². The van der Waals surface area contributed by atoms with Crippen LogP contribution in [0.1, 0.15) is 103 Å². The van der Waals surface area contributed by atoms with Crippen molar-refractivity contribution in [2.24, 2.45) is 0 Å². The van der Waals surface area contributed by atoms with Gasteiger partial charge in [-0.3, -0.25) is 0 Å². The molecular formula is C34H43NO3. The summed E-state index contributed by atoms with van der Waals surface area (Å²) in [5, 5.41) is 11.7. The third kappa shape index (κ3) is 9.86. The Balaban J connectivity index is 1.31. The van der Waals surface area contributed by atoms with Crippen LogP contribution in [-0.2, 0) is 9.53 Å². The average molecular weight is 514 g/mol. The first kappa shape index (κ1) is 29.2. The Morgan fingerprint density at radius 2 is 1.39 bits per heavy atom. The lowest BCUT2D eigenvalue weighted by atomic mass is 10.0. The Bertz CT molecular complexity index is 1180. The lowest BCUT2D eigenvalue weighted by molar-refractivity contribution is -0.138. The van der Waals surface area contributed by atoms with Gasteiger partial charge in [0.05, 0.1) is 6.61 Å². The van der Waals surface area contributed by atoms with E-state index < -0.39 is 5.97 Å². The van der Waals surface area contributed by atoms with E-state index in [4.69, 9.17) is 9.15 Å². The fourth-order valence-corrected chi connectivity index (χ4v) is 4.83. The molecule has 0 saturated heterocycles. The van der Waals surface area contributed by atoms with Gasteiger partial charge in [0.25, 0.3) is 0 Å². The van der Waals surface area contributed by atoms with Gasteiger partial charge in [0.15, 0.2) is 0 Å². The number of rotatable bonds is 18. The highest BCUT2D eigenvalue weighted by Gasteiger charge is 2.13. The molecule has 0 spiro atoms. The summed E-state index contributed by atoms with van der Waals surface area (Å²) < 4.78 is 11.3. The highest BCUT2D eigenvalue weighted by molar-refractivity contribution is 5.98. The lowest BCUT2D eigenvalue weighted by Gasteiger charge is -2.05. The molecule has 0 aliphatic heterocycles. The van der Waals surface area contributed by atoms with Crippen LogP contribution in [0.4, 0.5) is 0 Å². The molecule has 3 aromatic rings. The molecule has 3 rings (SSSR count). The Kier molecular flexibility index (Phi) is 13.3. The van der Waals surface area contributed by atoms with Gasteiger partial charge in [-0.1, -0.05) is 133 Å². The van der Waals surface area contributed by atoms with Crippen molar-refractivity contribution in [3.05, 3.63) is 65.9 Å². The highest BCUT2D eigenvalue weighted by atomic mass is 16.5. The van der Waals surface area contributed by atoms with Crippen molar-refractivity contribution in [2.45, 2.75) is 96.8 Å². The molecule has 0 bridgehead atoms. The minimum atomic E-state index is -0.592. The summed E-state index contributed by atoms with van der Waals surface area (Å²) in [4.78, 5) is 12.4. The van der Waals surface area contributed by atoms with Crippen molar-refractivity contribution in [3.63, 3.8) is 0 Å². The number of nitrogens with zero attached hydrogens (tertiary/aromatic N) is 1. The number of nitriles is 1. The average Bonchev–Trinajstić information content (AvgIpc) is 3.41. The van der Waals surface area contributed by atoms with Crippen LogP contribution in [0.5, 0.6) is 0 Å². The van der Waals surface area contributed by atoms with E-state index in [-0.39, 0.29) is 5.57 Å². The number of hydrogen-bond acceptors (Lipinski definition) is 4. The fraction of sp³-hybridized carbons (Fsp3) is 0.471. The third-order valence-corrected chi connectivity index (χ3v) is 7.04. The predicted molar refractivity (Wildman–Crippen MR) is 157 cm³/mol. The maximum Gasteiger partial charge on any atom is 0.349 e. The van der Waals surface area contributed by atoms with E-state index in [1.165, 1.54) is 83.1 Å². The first-order valence-electron chi connectivity index (χ1n) is 14.6. The summed E-state index contributed by atoms with van der Waals surface area (Å²) in [6, 6.07) is 19.8. The minimum Gasteiger partial charge on any atom is -0.462 e. The van der Waals surface area contributed by atoms with Crippen LogP contribution in [-0.4, -0.2) is 12.6 Å². The number of hydrogen-bond donors (Lipinski definition) is 0. The van der Waals surface area contributed by atoms with Gasteiger partial charge in [-0.25, -0.2) is 4.79 Å². The van der Waals surface area contributed by atoms with Gasteiger partial charge in [0, 0.05) is 11.6 Å². The quantitative estimate of drug-likeness (QED) is 0.0734. The molecule has 0 atom stereocenters. The molecule has 4 heteroatoms. The molecule has 38 heavy (non-hydrogen) atoms. The van der Waals surface area contributed by atoms with Crippen molar-refractivity contribution >= 4 is 22.8 Å². The molecule has 0 amide bonds. The number of fused-ring (bicyclic) bond motifs is 1. The molecule has 202 valence electrons. The minimum absolute atomic E-state index is 0.0471. The Labute approximate surface area is 228 Å². The van der Waals surface area contributed by atoms with Crippen molar-refractivity contribution in [1.82, 2.24) is 0 Å². The summed E-state index contributed by atoms with van der Waals surface area (Å²) in [6.45, 7) is 2.61. The van der Waals surface area contributed by atoms with E-state index in [1.54, 1.807) is 6.07 Å². The van der Waals surface area contributed by atoms with E-state index in [0.717, 1.165) is 29.2 Å². The smallest absolute Gasteiger partial charge is 0.349 e. The number of esters is 1. The van der Waals surface area contributed by atoms with Crippen LogP contribution < -0.4 is 0 Å². The van der Waals surface area contributed by atoms with E-state index >= 15 is 0 Å². The first-order valence-corrected chi connectivity index (χ1v) is 14.6. The number of unbranched alkanes of at least 4 members (excludes halogenated alkanes) is 13. The maximum absolute atomic E-state index is 12.4. The SMILES string of the molecule is CCCCCCCCCCCCCCCCOC(=O)C(C#N)=Cc1ccc(-c2cccc3ccccc23)o1. The Hall–Kier alpha value is -3.32. The summed E-state index contributed by atoms with van der Waals surface area (Å²) in [5.41, 5.74) is 0.927. The topological polar surface area (TPSA) is 63.2 Å². The van der Waals surface area contributed by atoms with Crippen molar-refractivity contribution in [3.8, 4) is 17.4 Å². The van der Waals surface area contributed by atoms with Crippen LogP contribution in [0.3, 0.4) is 0 Å². The van der Waals surface area contributed by atoms with Gasteiger partial charge >= 0.3 is 5.97 Å². The lowest BCUT2D eigenvalue weighted by Crippen LogP contribution is -2.07. The first-order chi connectivity index (χ1) is 18.7. The second-order valence-electron chi connectivity index (χ2n) is 10.1. The summed E-state index contributed by atoms with van der Waals surface area (Å²) in [5.74, 6) is 0.560. The molecule has 0 saturated carbocycles. The van der Waals surface area contributed by atoms with Crippen molar-refractivity contribution in [2.75, 3.05) is 6.61 Å². The van der Waals surface area contributed by atoms with Crippen LogP contribution in [0, 0.1) is 11.3 Å². The zero-order valence-electron chi connectivity index (χ0n) is 23.1. The largest absolute Gasteiger partial charge is 0.462 e. The van der Waals surface area contributed by atoms with Crippen molar-refractivity contribution < 1.29 is 13.9 Å². The number of carbonyl (C=O) groups excluding carboxylic acids is 1. The van der Waals surface area contributed by atoms with Crippen LogP contribution in [0.15, 0.2) is 64.6 Å². The van der Waals surface area contributed by atoms with Gasteiger partial charge in [0.1, 0.15) is 23.2 Å². The summed E-state index contributed by atoms with van der Waals surface area (Å²) in [7, 11) is 0. The van der Waals surface area contributed by atoms with Gasteiger partial charge in [-0.15, -0.1) is 0 Å². The zero-order valence-corrected chi connectivity index (χ0v) is 23.1. The number of ether oxygens (including phenoxy) is 1. The second-order valence-corrected chi connectivity index (χ2v) is 10.1. The van der Waals surface area contributed by atoms with Crippen LogP contribution in [0.2, 0.25) is 0 Å². The maximum atomic E-state index is 12.4. The molecule has 4 nitrogen and oxygen atoms in total. The Morgan fingerprint density at radius 1 is 0.789 bits per heavy atom. The monoisotopic (exact) mass is 513 g/mol. The second kappa shape index (κ2) is 17.2. The molecule has 0 unspecified atom stereocenters. The number of furan rings is 1. The molecule has 0 N–H and O–H groups in total. The van der Waals surface area contributed by atoms with Gasteiger partial charge in [-0.2, -0.15) is 5.26 Å². The van der Waals surface area contributed by atoms with E-state index in [0.29, 0.717) is 18.1 Å². The zero-order chi connectivity index (χ0) is 26.8. The number of benzene rings is 2. The van der Waals surface area contributed by atoms with Crippen LogP contribution >= 0.6 is 0 Å². The van der Waals surface area contributed by atoms with E-state index in [2.05, 4.69) is 25.1 Å². The molecule has 1 heterocycles. The molecule has 2 aromatic carbocycles. The molecule has 0 fully saturated rings. The molecular weight excluding hydrogens is 470 g/mol. The standard InChI is InChI=1S/C34H43NO3/c1-2-3-4-5-6-7-8-9-10-11-12-13-14-17-25-37-34(36)29(27-35)26-30-23-24-33(38-30)32-22-18-20-28-19-15-16-21-31(28)32/h15-16,18-24,26H,2-14,17,25H2,1H3. The van der Waals surface area contributed by atoms with Crippen molar-refractivity contribution in [1.29, 1.82) is 5.26 Å². The van der Waals surface area contributed by atoms with E-state index in [1.807, 2.05) is 36.4 Å². The highest BCUT2D eigenvalue weighted by Crippen LogP contribution is 2.30. The van der Waals surface area contributed by atoms with Gasteiger partial charge < -0.3 is 9.15 Å². The third-order valence-electron chi connectivity index (χ3n) is 7.04. The molecule has 1 aromatic heterocycles. The summed E-state index contributed by atoms with van der Waals surface area (Å²) in [6.07, 6.45) is 19.4. The fourth-order valence-electron chi connectivity index (χ4n) is 4.83. The normalized spacial score (nSPS) is 11.5. The van der Waals surface area contributed by atoms with Crippen LogP contribution in [0.25, 0.3) is 28.2 Å². The van der Waals surface area contributed by atoms with Gasteiger partial charge in [0.2, 0.25) is 0 Å². The summed E-state index contributed by atoms with van der Waals surface area (Å²) >= 11 is 0. The molecule has 0 radical (unpaired) electrons. The number of carbonyl (C=O) groups is 1. The predicted octanol–water partition coefficient (Wildman–Crippen LogP) is 10.0. The van der Waals surface area contributed by atoms with E-state index in [9.17, 15) is 10.1 Å². The molecule has 0 aliphatic carbocycles. The molecule has 0 aliphatic rings.